The minimum atomic E-state index is 0.632. The Balaban J connectivity index is 1.75. The number of hydrogen-bond acceptors (Lipinski definition) is 3. The molecule has 27 heavy (non-hydrogen) atoms. The molecule has 0 saturated carbocycles. The Hall–Kier alpha value is -3.97. The van der Waals surface area contributed by atoms with E-state index in [2.05, 4.69) is 11.1 Å². The lowest BCUT2D eigenvalue weighted by Crippen LogP contribution is -1.96. The molecule has 4 nitrogen and oxygen atoms in total. The van der Waals surface area contributed by atoms with Gasteiger partial charge in [0.2, 0.25) is 0 Å². The molecule has 3 aromatic carbocycles. The van der Waals surface area contributed by atoms with Crippen LogP contribution in [0.4, 0.5) is 5.82 Å². The van der Waals surface area contributed by atoms with Gasteiger partial charge in [-0.15, -0.1) is 0 Å². The van der Waals surface area contributed by atoms with Gasteiger partial charge < -0.3 is 0 Å². The zero-order valence-electron chi connectivity index (χ0n) is 14.5. The van der Waals surface area contributed by atoms with Crippen molar-refractivity contribution in [1.82, 2.24) is 9.78 Å². The van der Waals surface area contributed by atoms with Gasteiger partial charge in [-0.3, -0.25) is 0 Å². The number of hydrogen-bond donors (Lipinski definition) is 0. The van der Waals surface area contributed by atoms with Gasteiger partial charge in [0.15, 0.2) is 5.82 Å². The average Bonchev–Trinajstić information content (AvgIpc) is 3.18. The molecule has 128 valence electrons. The monoisotopic (exact) mass is 348 g/mol. The van der Waals surface area contributed by atoms with Crippen LogP contribution in [0.3, 0.4) is 0 Å². The quantitative estimate of drug-likeness (QED) is 0.478. The fraction of sp³-hybridized carbons (Fsp3) is 0. The second-order valence-corrected chi connectivity index (χ2v) is 5.99. The first kappa shape index (κ1) is 16.5. The molecular weight excluding hydrogens is 332 g/mol. The molecule has 4 aromatic rings. The molecule has 0 spiro atoms. The predicted octanol–water partition coefficient (Wildman–Crippen LogP) is 5.16. The van der Waals surface area contributed by atoms with E-state index in [9.17, 15) is 0 Å². The first-order valence-electron chi connectivity index (χ1n) is 8.58. The van der Waals surface area contributed by atoms with Gasteiger partial charge in [-0.05, 0) is 29.8 Å². The summed E-state index contributed by atoms with van der Waals surface area (Å²) in [5, 5.41) is 13.7. The largest absolute Gasteiger partial charge is 0.236 e. The highest BCUT2D eigenvalue weighted by Crippen LogP contribution is 2.26. The summed E-state index contributed by atoms with van der Waals surface area (Å²) >= 11 is 0. The Kier molecular flexibility index (Phi) is 4.59. The molecule has 0 aliphatic heterocycles. The summed E-state index contributed by atoms with van der Waals surface area (Å²) in [5.41, 5.74) is 4.42. The topological polar surface area (TPSA) is 54.0 Å². The van der Waals surface area contributed by atoms with Crippen molar-refractivity contribution in [2.45, 2.75) is 0 Å². The van der Waals surface area contributed by atoms with Gasteiger partial charge in [0.25, 0.3) is 0 Å². The maximum atomic E-state index is 8.91. The van der Waals surface area contributed by atoms with Crippen LogP contribution in [0, 0.1) is 11.3 Å². The third kappa shape index (κ3) is 3.68. The van der Waals surface area contributed by atoms with Crippen molar-refractivity contribution in [1.29, 1.82) is 5.26 Å². The van der Waals surface area contributed by atoms with Crippen molar-refractivity contribution in [2.75, 3.05) is 0 Å². The van der Waals surface area contributed by atoms with E-state index in [-0.39, 0.29) is 0 Å². The van der Waals surface area contributed by atoms with Gasteiger partial charge in [0.05, 0.1) is 23.0 Å². The van der Waals surface area contributed by atoms with Crippen LogP contribution in [0.15, 0.2) is 96.0 Å². The van der Waals surface area contributed by atoms with Gasteiger partial charge >= 0.3 is 0 Å². The molecule has 0 N–H and O–H groups in total. The SMILES string of the molecule is N#Cc1ccc(C=Nc2cc(-c3ccccc3)nn2-c2ccccc2)cc1. The van der Waals surface area contributed by atoms with E-state index in [1.54, 1.807) is 18.3 Å². The van der Waals surface area contributed by atoms with E-state index in [1.165, 1.54) is 0 Å². The molecule has 1 heterocycles. The molecule has 0 fully saturated rings. The highest BCUT2D eigenvalue weighted by atomic mass is 15.3. The summed E-state index contributed by atoms with van der Waals surface area (Å²) in [6.07, 6.45) is 1.78. The number of aromatic nitrogens is 2. The van der Waals surface area contributed by atoms with Gasteiger partial charge in [-0.2, -0.15) is 10.4 Å². The minimum Gasteiger partial charge on any atom is -0.236 e. The molecule has 0 saturated heterocycles. The summed E-state index contributed by atoms with van der Waals surface area (Å²) in [5.74, 6) is 0.740. The second kappa shape index (κ2) is 7.51. The zero-order chi connectivity index (χ0) is 18.5. The fourth-order valence-electron chi connectivity index (χ4n) is 2.76. The molecule has 0 aliphatic rings. The van der Waals surface area contributed by atoms with Crippen LogP contribution in [0.1, 0.15) is 11.1 Å². The van der Waals surface area contributed by atoms with Crippen LogP contribution in [0.2, 0.25) is 0 Å². The smallest absolute Gasteiger partial charge is 0.156 e. The van der Waals surface area contributed by atoms with Gasteiger partial charge in [-0.25, -0.2) is 9.67 Å². The van der Waals surface area contributed by atoms with Crippen molar-refractivity contribution < 1.29 is 0 Å². The first-order chi connectivity index (χ1) is 13.3. The summed E-state index contributed by atoms with van der Waals surface area (Å²) in [6, 6.07) is 31.4. The summed E-state index contributed by atoms with van der Waals surface area (Å²) in [7, 11) is 0. The maximum Gasteiger partial charge on any atom is 0.156 e. The van der Waals surface area contributed by atoms with Crippen molar-refractivity contribution in [2.24, 2.45) is 4.99 Å². The van der Waals surface area contributed by atoms with Gasteiger partial charge in [0.1, 0.15) is 0 Å². The van der Waals surface area contributed by atoms with E-state index in [1.807, 2.05) is 83.5 Å². The second-order valence-electron chi connectivity index (χ2n) is 5.99. The number of aliphatic imine (C=N–C) groups is 1. The Morgan fingerprint density at radius 1 is 0.852 bits per heavy atom. The van der Waals surface area contributed by atoms with E-state index in [4.69, 9.17) is 10.4 Å². The standard InChI is InChI=1S/C23H16N4/c24-16-18-11-13-19(14-12-18)17-25-23-15-22(20-7-3-1-4-8-20)26-27(23)21-9-5-2-6-10-21/h1-15,17H. The number of para-hydroxylation sites is 1. The Morgan fingerprint density at radius 3 is 2.19 bits per heavy atom. The van der Waals surface area contributed by atoms with Crippen LogP contribution >= 0.6 is 0 Å². The molecule has 0 aliphatic carbocycles. The Morgan fingerprint density at radius 2 is 1.52 bits per heavy atom. The van der Waals surface area contributed by atoms with Crippen molar-refractivity contribution >= 4 is 12.0 Å². The molecule has 0 unspecified atom stereocenters. The van der Waals surface area contributed by atoms with Gasteiger partial charge in [-0.1, -0.05) is 60.7 Å². The highest BCUT2D eigenvalue weighted by Gasteiger charge is 2.10. The van der Waals surface area contributed by atoms with Crippen molar-refractivity contribution in [3.63, 3.8) is 0 Å². The lowest BCUT2D eigenvalue weighted by Gasteiger charge is -2.03. The summed E-state index contributed by atoms with van der Waals surface area (Å²) in [4.78, 5) is 4.65. The molecule has 0 bridgehead atoms. The minimum absolute atomic E-state index is 0.632. The third-order valence-corrected chi connectivity index (χ3v) is 4.15. The number of nitrogens with zero attached hydrogens (tertiary/aromatic N) is 4. The van der Waals surface area contributed by atoms with Crippen LogP contribution in [0.5, 0.6) is 0 Å². The first-order valence-corrected chi connectivity index (χ1v) is 8.58. The molecule has 4 rings (SSSR count). The van der Waals surface area contributed by atoms with Crippen LogP contribution in [-0.2, 0) is 0 Å². The maximum absolute atomic E-state index is 8.91. The molecule has 1 aromatic heterocycles. The number of benzene rings is 3. The van der Waals surface area contributed by atoms with Crippen LogP contribution in [-0.4, -0.2) is 16.0 Å². The van der Waals surface area contributed by atoms with Crippen LogP contribution < -0.4 is 0 Å². The molecule has 0 radical (unpaired) electrons. The van der Waals surface area contributed by atoms with Gasteiger partial charge in [0, 0.05) is 17.8 Å². The van der Waals surface area contributed by atoms with Crippen LogP contribution in [0.25, 0.3) is 16.9 Å². The van der Waals surface area contributed by atoms with E-state index < -0.39 is 0 Å². The lowest BCUT2D eigenvalue weighted by molar-refractivity contribution is 0.885. The fourth-order valence-corrected chi connectivity index (χ4v) is 2.76. The average molecular weight is 348 g/mol. The molecule has 4 heteroatoms. The third-order valence-electron chi connectivity index (χ3n) is 4.15. The Bertz CT molecular complexity index is 1100. The molecule has 0 amide bonds. The highest BCUT2D eigenvalue weighted by molar-refractivity contribution is 5.82. The lowest BCUT2D eigenvalue weighted by atomic mass is 10.1. The predicted molar refractivity (Wildman–Crippen MR) is 107 cm³/mol. The molecular formula is C23H16N4. The van der Waals surface area contributed by atoms with E-state index in [0.717, 1.165) is 28.3 Å². The summed E-state index contributed by atoms with van der Waals surface area (Å²) in [6.45, 7) is 0. The Labute approximate surface area is 157 Å². The zero-order valence-corrected chi connectivity index (χ0v) is 14.5. The number of rotatable bonds is 4. The number of nitriles is 1. The normalized spacial score (nSPS) is 10.8. The van der Waals surface area contributed by atoms with Crippen molar-refractivity contribution in [3.05, 3.63) is 102 Å². The van der Waals surface area contributed by atoms with Crippen molar-refractivity contribution in [3.8, 4) is 23.0 Å². The molecule has 0 atom stereocenters. The van der Waals surface area contributed by atoms with E-state index in [0.29, 0.717) is 5.56 Å². The summed E-state index contributed by atoms with van der Waals surface area (Å²) < 4.78 is 1.84. The van der Waals surface area contributed by atoms with E-state index >= 15 is 0 Å².